The monoisotopic (exact) mass is 161 g/mol. The first-order chi connectivity index (χ1) is 3.13. The number of primary amides is 2. The van der Waals surface area contributed by atoms with Crippen LogP contribution >= 0.6 is 0 Å². The number of urea groups is 2. The van der Waals surface area contributed by atoms with E-state index in [-0.39, 0.29) is 16.5 Å². The first-order valence-corrected chi connectivity index (χ1v) is 1.49. The van der Waals surface area contributed by atoms with Crippen molar-refractivity contribution < 1.29 is 26.1 Å². The van der Waals surface area contributed by atoms with Crippen LogP contribution in [0.2, 0.25) is 0 Å². The Morgan fingerprint density at radius 1 is 1.12 bits per heavy atom. The average molecular weight is 162 g/mol. The summed E-state index contributed by atoms with van der Waals surface area (Å²) in [7, 11) is 0. The number of nitrogens with two attached hydrogens (primary N) is 2. The molecule has 0 radical (unpaired) electrons. The Balaban J connectivity index is 0. The number of hydrogen-bond donors (Lipinski definition) is 3. The molecule has 0 atom stereocenters. The Bertz CT molecular complexity index is 91.5. The molecule has 0 saturated carbocycles. The van der Waals surface area contributed by atoms with E-state index in [1.54, 1.807) is 5.32 Å². The van der Waals surface area contributed by atoms with Crippen molar-refractivity contribution in [2.45, 2.75) is 0 Å². The molecule has 0 aromatic carbocycles. The third kappa shape index (κ3) is 8.97. The van der Waals surface area contributed by atoms with E-state index in [9.17, 15) is 9.59 Å². The van der Waals surface area contributed by atoms with Crippen LogP contribution in [0, 0.1) is 0 Å². The molecule has 0 bridgehead atoms. The van der Waals surface area contributed by atoms with Crippen molar-refractivity contribution in [1.82, 2.24) is 5.32 Å². The number of carbonyl (C=O) groups excluding carboxylic acids is 2. The van der Waals surface area contributed by atoms with Crippen LogP contribution in [0.25, 0.3) is 0 Å². The quantitative estimate of drug-likeness (QED) is 0.387. The molecule has 5 nitrogen and oxygen atoms in total. The van der Waals surface area contributed by atoms with Gasteiger partial charge in [0.15, 0.2) is 0 Å². The van der Waals surface area contributed by atoms with Crippen LogP contribution in [-0.2, 0) is 16.5 Å². The van der Waals surface area contributed by atoms with Crippen LogP contribution in [0.3, 0.4) is 0 Å². The summed E-state index contributed by atoms with van der Waals surface area (Å²) >= 11 is 0. The molecule has 0 aliphatic rings. The van der Waals surface area contributed by atoms with Crippen LogP contribution in [0.5, 0.6) is 0 Å². The summed E-state index contributed by atoms with van der Waals surface area (Å²) in [5.74, 6) is 0. The molecule has 6 heteroatoms. The van der Waals surface area contributed by atoms with Crippen LogP contribution < -0.4 is 16.8 Å². The zero-order chi connectivity index (χ0) is 5.86. The number of carbonyl (C=O) groups is 2. The van der Waals surface area contributed by atoms with E-state index in [1.807, 2.05) is 0 Å². The van der Waals surface area contributed by atoms with Crippen LogP contribution in [0.15, 0.2) is 0 Å². The van der Waals surface area contributed by atoms with Crippen molar-refractivity contribution in [3.8, 4) is 0 Å². The van der Waals surface area contributed by atoms with E-state index in [0.717, 1.165) is 0 Å². The number of imide groups is 1. The molecule has 0 heterocycles. The van der Waals surface area contributed by atoms with Gasteiger partial charge >= 0.3 is 28.6 Å². The maximum absolute atomic E-state index is 9.62. The van der Waals surface area contributed by atoms with E-state index >= 15 is 0 Å². The average Bonchev–Trinajstić information content (AvgIpc) is 1.27. The van der Waals surface area contributed by atoms with Gasteiger partial charge in [0, 0.05) is 0 Å². The van der Waals surface area contributed by atoms with Gasteiger partial charge < -0.3 is 11.5 Å². The minimum atomic E-state index is -0.938. The number of rotatable bonds is 0. The van der Waals surface area contributed by atoms with E-state index in [4.69, 9.17) is 0 Å². The van der Waals surface area contributed by atoms with Crippen molar-refractivity contribution in [3.63, 3.8) is 0 Å². The zero-order valence-electron chi connectivity index (χ0n) is 3.79. The third-order valence-electron chi connectivity index (χ3n) is 0.246. The topological polar surface area (TPSA) is 98.2 Å². The van der Waals surface area contributed by atoms with Gasteiger partial charge in [-0.2, -0.15) is 0 Å². The molecule has 4 amide bonds. The predicted molar refractivity (Wildman–Crippen MR) is 22.3 cm³/mol. The second-order valence-corrected chi connectivity index (χ2v) is 0.854. The minimum Gasteiger partial charge on any atom is -0.351 e. The van der Waals surface area contributed by atoms with Crippen molar-refractivity contribution >= 4 is 12.1 Å². The third-order valence-corrected chi connectivity index (χ3v) is 0.246. The van der Waals surface area contributed by atoms with Gasteiger partial charge in [-0.05, 0) is 0 Å². The van der Waals surface area contributed by atoms with E-state index < -0.39 is 12.1 Å². The molecule has 0 aromatic heterocycles. The summed E-state index contributed by atoms with van der Waals surface area (Å²) in [5, 5.41) is 1.58. The molecule has 0 rings (SSSR count). The molecular formula is C2H5N3NiO2+2. The fraction of sp³-hybridized carbons (Fsp3) is 0. The molecule has 48 valence electrons. The summed E-state index contributed by atoms with van der Waals surface area (Å²) in [4.78, 5) is 19.2. The zero-order valence-corrected chi connectivity index (χ0v) is 4.78. The van der Waals surface area contributed by atoms with E-state index in [0.29, 0.717) is 0 Å². The Kier molecular flexibility index (Phi) is 5.64. The van der Waals surface area contributed by atoms with E-state index in [1.165, 1.54) is 0 Å². The molecule has 0 fully saturated rings. The second-order valence-electron chi connectivity index (χ2n) is 0.854. The molecule has 0 spiro atoms. The molecule has 0 aliphatic carbocycles. The molecule has 0 unspecified atom stereocenters. The smallest absolute Gasteiger partial charge is 0.351 e. The Labute approximate surface area is 55.7 Å². The fourth-order valence-corrected chi connectivity index (χ4v) is 0.121. The maximum Gasteiger partial charge on any atom is 2.00 e. The first kappa shape index (κ1) is 10.3. The molecular weight excluding hydrogens is 157 g/mol. The fourth-order valence-electron chi connectivity index (χ4n) is 0.121. The van der Waals surface area contributed by atoms with Gasteiger partial charge in [-0.25, -0.2) is 9.59 Å². The molecule has 0 saturated heterocycles. The van der Waals surface area contributed by atoms with Crippen LogP contribution in [0.1, 0.15) is 0 Å². The van der Waals surface area contributed by atoms with Gasteiger partial charge in [0.2, 0.25) is 0 Å². The van der Waals surface area contributed by atoms with Crippen molar-refractivity contribution in [2.75, 3.05) is 0 Å². The molecule has 0 aliphatic heterocycles. The number of nitrogens with one attached hydrogen (secondary N) is 1. The molecule has 8 heavy (non-hydrogen) atoms. The Morgan fingerprint density at radius 2 is 1.38 bits per heavy atom. The summed E-state index contributed by atoms with van der Waals surface area (Å²) in [5.41, 5.74) is 8.88. The predicted octanol–water partition coefficient (Wildman–Crippen LogP) is -1.27. The van der Waals surface area contributed by atoms with Crippen molar-refractivity contribution in [2.24, 2.45) is 11.5 Å². The second kappa shape index (κ2) is 4.39. The van der Waals surface area contributed by atoms with Gasteiger partial charge in [0.1, 0.15) is 0 Å². The summed E-state index contributed by atoms with van der Waals surface area (Å²) in [6.07, 6.45) is 0. The van der Waals surface area contributed by atoms with Crippen molar-refractivity contribution in [3.05, 3.63) is 0 Å². The van der Waals surface area contributed by atoms with Gasteiger partial charge in [0.25, 0.3) is 0 Å². The largest absolute Gasteiger partial charge is 2.00 e. The summed E-state index contributed by atoms with van der Waals surface area (Å²) in [6, 6.07) is -1.88. The van der Waals surface area contributed by atoms with Gasteiger partial charge in [-0.15, -0.1) is 0 Å². The van der Waals surface area contributed by atoms with Crippen LogP contribution in [-0.4, -0.2) is 12.1 Å². The summed E-state index contributed by atoms with van der Waals surface area (Å²) < 4.78 is 0. The first-order valence-electron chi connectivity index (χ1n) is 1.49. The summed E-state index contributed by atoms with van der Waals surface area (Å²) in [6.45, 7) is 0. The molecule has 0 aromatic rings. The standard InChI is InChI=1S/C2H5N3O2.Ni/c3-1(6)5-2(4)7;/h(H5,3,4,5,6,7);/q;+2. The number of hydrogen-bond acceptors (Lipinski definition) is 2. The van der Waals surface area contributed by atoms with Gasteiger partial charge in [-0.3, -0.25) is 5.32 Å². The van der Waals surface area contributed by atoms with E-state index in [2.05, 4.69) is 11.5 Å². The van der Waals surface area contributed by atoms with Gasteiger partial charge in [0.05, 0.1) is 0 Å². The Morgan fingerprint density at radius 3 is 1.38 bits per heavy atom. The Hall–Kier alpha value is -0.766. The minimum absolute atomic E-state index is 0. The molecule has 5 N–H and O–H groups in total. The van der Waals surface area contributed by atoms with Gasteiger partial charge in [-0.1, -0.05) is 0 Å². The van der Waals surface area contributed by atoms with Crippen LogP contribution in [0.4, 0.5) is 9.59 Å². The van der Waals surface area contributed by atoms with Crippen molar-refractivity contribution in [1.29, 1.82) is 0 Å². The SMILES string of the molecule is NC(=O)NC(N)=O.[Ni+2]. The number of amides is 4. The maximum atomic E-state index is 9.62. The normalized spacial score (nSPS) is 6.50.